The average molecular weight is 199 g/mol. The molecule has 1 heteroatoms. The average Bonchev–Trinajstić information content (AvgIpc) is 2.71. The van der Waals surface area contributed by atoms with Crippen molar-refractivity contribution < 1.29 is 5.11 Å². The quantitative estimate of drug-likeness (QED) is 0.776. The van der Waals surface area contributed by atoms with Crippen LogP contribution in [0.4, 0.5) is 0 Å². The second kappa shape index (κ2) is 3.88. The van der Waals surface area contributed by atoms with Crippen molar-refractivity contribution in [3.05, 3.63) is 61.4 Å². The molecule has 0 unspecified atom stereocenters. The Kier molecular flexibility index (Phi) is 2.72. The number of aromatic hydroxyl groups is 1. The molecular formula is C14H15O. The first kappa shape index (κ1) is 10.5. The molecule has 5 radical (unpaired) electrons. The Morgan fingerprint density at radius 3 is 2.20 bits per heavy atom. The van der Waals surface area contributed by atoms with Crippen molar-refractivity contribution in [3.8, 4) is 5.75 Å². The van der Waals surface area contributed by atoms with Gasteiger partial charge < -0.3 is 5.11 Å². The molecule has 0 saturated heterocycles. The van der Waals surface area contributed by atoms with E-state index in [9.17, 15) is 5.11 Å². The van der Waals surface area contributed by atoms with Gasteiger partial charge in [-0.15, -0.1) is 0 Å². The fourth-order valence-electron chi connectivity index (χ4n) is 1.95. The van der Waals surface area contributed by atoms with Crippen LogP contribution in [0.1, 0.15) is 19.4 Å². The molecule has 1 nitrogen and oxygen atoms in total. The summed E-state index contributed by atoms with van der Waals surface area (Å²) in [5.74, 6) is 1.59. The van der Waals surface area contributed by atoms with E-state index in [1.165, 1.54) is 5.92 Å². The molecular weight excluding hydrogens is 184 g/mol. The van der Waals surface area contributed by atoms with Crippen molar-refractivity contribution >= 4 is 0 Å². The summed E-state index contributed by atoms with van der Waals surface area (Å²) in [5, 5.41) is 9.84. The molecule has 0 amide bonds. The van der Waals surface area contributed by atoms with E-state index in [0.29, 0.717) is 5.75 Å². The van der Waals surface area contributed by atoms with Gasteiger partial charge in [-0.25, -0.2) is 0 Å². The summed E-state index contributed by atoms with van der Waals surface area (Å²) in [5.41, 5.74) is 0.825. The highest BCUT2D eigenvalue weighted by molar-refractivity contribution is 5.50. The fraction of sp³-hybridized carbons (Fsp3) is 0.214. The Balaban J connectivity index is 2.31. The minimum Gasteiger partial charge on any atom is -0.508 e. The SMILES string of the molecule is CC(C)([C]1[CH][CH][CH][CH]1)c1ccccc1O. The molecule has 15 heavy (non-hydrogen) atoms. The number of para-hydroxylation sites is 1. The van der Waals surface area contributed by atoms with Crippen LogP contribution in [0.25, 0.3) is 0 Å². The van der Waals surface area contributed by atoms with Crippen molar-refractivity contribution in [2.45, 2.75) is 19.3 Å². The summed E-state index contributed by atoms with van der Waals surface area (Å²) < 4.78 is 0. The Morgan fingerprint density at radius 1 is 1.00 bits per heavy atom. The number of hydrogen-bond acceptors (Lipinski definition) is 1. The molecule has 2 rings (SSSR count). The van der Waals surface area contributed by atoms with E-state index in [0.717, 1.165) is 5.56 Å². The molecule has 1 aromatic rings. The summed E-state index contributed by atoms with van der Waals surface area (Å²) in [6.07, 6.45) is 8.23. The van der Waals surface area contributed by atoms with Crippen LogP contribution < -0.4 is 0 Å². The Labute approximate surface area is 92.1 Å². The van der Waals surface area contributed by atoms with Crippen LogP contribution in [-0.4, -0.2) is 5.11 Å². The number of rotatable bonds is 2. The van der Waals surface area contributed by atoms with Gasteiger partial charge in [0.05, 0.1) is 0 Å². The van der Waals surface area contributed by atoms with Crippen LogP contribution in [0, 0.1) is 31.6 Å². The molecule has 1 aliphatic rings. The highest BCUT2D eigenvalue weighted by Crippen LogP contribution is 2.44. The maximum Gasteiger partial charge on any atom is 0.119 e. The summed E-state index contributed by atoms with van der Waals surface area (Å²) >= 11 is 0. The third-order valence-corrected chi connectivity index (χ3v) is 2.96. The summed E-state index contributed by atoms with van der Waals surface area (Å²) in [4.78, 5) is 0. The molecule has 0 atom stereocenters. The normalized spacial score (nSPS) is 18.3. The number of benzene rings is 1. The standard InChI is InChI=1S/C14H15O/c1-14(2,11-7-3-4-8-11)12-9-5-6-10-13(12)15/h3-10,15H,1-2H3. The third kappa shape index (κ3) is 1.88. The molecule has 1 fully saturated rings. The second-order valence-electron chi connectivity index (χ2n) is 4.32. The molecule has 1 N–H and O–H groups in total. The van der Waals surface area contributed by atoms with Gasteiger partial charge in [0.1, 0.15) is 5.75 Å². The smallest absolute Gasteiger partial charge is 0.119 e. The van der Waals surface area contributed by atoms with Crippen molar-refractivity contribution in [1.82, 2.24) is 0 Å². The molecule has 0 spiro atoms. The lowest BCUT2D eigenvalue weighted by Crippen LogP contribution is -2.25. The van der Waals surface area contributed by atoms with Crippen LogP contribution in [0.5, 0.6) is 5.75 Å². The number of hydrogen-bond donors (Lipinski definition) is 1. The van der Waals surface area contributed by atoms with E-state index < -0.39 is 0 Å². The van der Waals surface area contributed by atoms with E-state index >= 15 is 0 Å². The van der Waals surface area contributed by atoms with Crippen LogP contribution in [-0.2, 0) is 5.41 Å². The first-order valence-electron chi connectivity index (χ1n) is 5.13. The van der Waals surface area contributed by atoms with Gasteiger partial charge in [-0.05, 0) is 37.7 Å². The number of phenols is 1. The largest absolute Gasteiger partial charge is 0.508 e. The van der Waals surface area contributed by atoms with Gasteiger partial charge in [0, 0.05) is 11.0 Å². The van der Waals surface area contributed by atoms with E-state index in [4.69, 9.17) is 0 Å². The Hall–Kier alpha value is -0.980. The molecule has 0 bridgehead atoms. The lowest BCUT2D eigenvalue weighted by atomic mass is 9.72. The fourth-order valence-corrected chi connectivity index (χ4v) is 1.95. The highest BCUT2D eigenvalue weighted by Gasteiger charge is 2.35. The van der Waals surface area contributed by atoms with Gasteiger partial charge in [0.15, 0.2) is 0 Å². The molecule has 0 heterocycles. The highest BCUT2D eigenvalue weighted by atomic mass is 16.3. The van der Waals surface area contributed by atoms with Gasteiger partial charge in [-0.1, -0.05) is 32.0 Å². The maximum absolute atomic E-state index is 9.84. The topological polar surface area (TPSA) is 20.2 Å². The zero-order valence-corrected chi connectivity index (χ0v) is 9.07. The van der Waals surface area contributed by atoms with Gasteiger partial charge >= 0.3 is 0 Å². The van der Waals surface area contributed by atoms with Crippen LogP contribution in [0.15, 0.2) is 24.3 Å². The molecule has 1 saturated carbocycles. The Morgan fingerprint density at radius 2 is 1.60 bits per heavy atom. The van der Waals surface area contributed by atoms with Crippen molar-refractivity contribution in [2.75, 3.05) is 0 Å². The van der Waals surface area contributed by atoms with Crippen molar-refractivity contribution in [1.29, 1.82) is 0 Å². The predicted molar refractivity (Wildman–Crippen MR) is 61.6 cm³/mol. The maximum atomic E-state index is 9.84. The lowest BCUT2D eigenvalue weighted by molar-refractivity contribution is 0.445. The lowest BCUT2D eigenvalue weighted by Gasteiger charge is -2.31. The predicted octanol–water partition coefficient (Wildman–Crippen LogP) is 3.08. The van der Waals surface area contributed by atoms with Gasteiger partial charge in [-0.2, -0.15) is 0 Å². The second-order valence-corrected chi connectivity index (χ2v) is 4.32. The van der Waals surface area contributed by atoms with E-state index in [1.54, 1.807) is 6.07 Å². The van der Waals surface area contributed by atoms with Crippen molar-refractivity contribution in [2.24, 2.45) is 0 Å². The van der Waals surface area contributed by atoms with Gasteiger partial charge in [-0.3, -0.25) is 0 Å². The first-order valence-corrected chi connectivity index (χ1v) is 5.13. The Bertz CT molecular complexity index is 335. The summed E-state index contributed by atoms with van der Waals surface area (Å²) in [6, 6.07) is 7.52. The van der Waals surface area contributed by atoms with E-state index in [1.807, 2.05) is 31.0 Å². The minimum absolute atomic E-state index is 0.144. The van der Waals surface area contributed by atoms with Crippen LogP contribution >= 0.6 is 0 Å². The van der Waals surface area contributed by atoms with Gasteiger partial charge in [0.25, 0.3) is 0 Å². The monoisotopic (exact) mass is 199 g/mol. The third-order valence-electron chi connectivity index (χ3n) is 2.96. The zero-order chi connectivity index (χ0) is 10.9. The molecule has 1 aliphatic carbocycles. The van der Waals surface area contributed by atoms with Gasteiger partial charge in [0.2, 0.25) is 0 Å². The van der Waals surface area contributed by atoms with E-state index in [2.05, 4.69) is 26.7 Å². The number of phenolic OH excluding ortho intramolecular Hbond substituents is 1. The molecule has 1 aromatic carbocycles. The zero-order valence-electron chi connectivity index (χ0n) is 9.07. The molecule has 77 valence electrons. The van der Waals surface area contributed by atoms with Crippen LogP contribution in [0.3, 0.4) is 0 Å². The molecule has 0 aromatic heterocycles. The molecule has 0 aliphatic heterocycles. The van der Waals surface area contributed by atoms with Crippen LogP contribution in [0.2, 0.25) is 0 Å². The minimum atomic E-state index is -0.144. The first-order chi connectivity index (χ1) is 7.12. The summed E-state index contributed by atoms with van der Waals surface area (Å²) in [7, 11) is 0. The van der Waals surface area contributed by atoms with Crippen molar-refractivity contribution in [3.63, 3.8) is 0 Å². The summed E-state index contributed by atoms with van der Waals surface area (Å²) in [6.45, 7) is 4.24. The van der Waals surface area contributed by atoms with E-state index in [-0.39, 0.29) is 5.41 Å².